The molecule has 9 heteroatoms. The van der Waals surface area contributed by atoms with Gasteiger partial charge in [-0.15, -0.1) is 0 Å². The lowest BCUT2D eigenvalue weighted by atomic mass is 10.1. The van der Waals surface area contributed by atoms with Crippen LogP contribution in [0.5, 0.6) is 0 Å². The zero-order chi connectivity index (χ0) is 19.1. The summed E-state index contributed by atoms with van der Waals surface area (Å²) in [6, 6.07) is 4.51. The number of ether oxygens (including phenoxy) is 2. The highest BCUT2D eigenvalue weighted by Crippen LogP contribution is 2.25. The molecule has 1 aliphatic rings. The first-order valence-corrected chi connectivity index (χ1v) is 9.00. The maximum Gasteiger partial charge on any atom is 0.409 e. The number of rotatable bonds is 5. The van der Waals surface area contributed by atoms with Gasteiger partial charge in [-0.1, -0.05) is 29.3 Å². The number of hydrogen-bond acceptors (Lipinski definition) is 5. The molecule has 7 nitrogen and oxygen atoms in total. The molecule has 1 saturated heterocycles. The first kappa shape index (κ1) is 20.3. The van der Waals surface area contributed by atoms with Gasteiger partial charge in [0.05, 0.1) is 22.2 Å². The summed E-state index contributed by atoms with van der Waals surface area (Å²) in [5, 5.41) is 3.11. The number of likely N-dealkylation sites (tertiary alicyclic amines) is 1. The van der Waals surface area contributed by atoms with Crippen LogP contribution in [0.4, 0.5) is 4.79 Å². The van der Waals surface area contributed by atoms with Gasteiger partial charge in [-0.05, 0) is 31.9 Å². The fourth-order valence-corrected chi connectivity index (χ4v) is 2.94. The summed E-state index contributed by atoms with van der Waals surface area (Å²) < 4.78 is 9.92. The Morgan fingerprint density at radius 1 is 1.19 bits per heavy atom. The molecule has 142 valence electrons. The third-order valence-corrected chi connectivity index (χ3v) is 4.71. The monoisotopic (exact) mass is 402 g/mol. The van der Waals surface area contributed by atoms with Crippen LogP contribution < -0.4 is 5.32 Å². The first-order valence-electron chi connectivity index (χ1n) is 8.24. The highest BCUT2D eigenvalue weighted by molar-refractivity contribution is 6.43. The average molecular weight is 403 g/mol. The van der Waals surface area contributed by atoms with Crippen LogP contribution in [0.25, 0.3) is 0 Å². The van der Waals surface area contributed by atoms with Gasteiger partial charge in [0.25, 0.3) is 5.91 Å². The second kappa shape index (κ2) is 9.64. The molecular weight excluding hydrogens is 383 g/mol. The Kier molecular flexibility index (Phi) is 7.53. The number of nitrogens with one attached hydrogen (secondary N) is 1. The van der Waals surface area contributed by atoms with Crippen LogP contribution in [-0.2, 0) is 14.3 Å². The summed E-state index contributed by atoms with van der Waals surface area (Å²) in [5.74, 6) is -1.13. The smallest absolute Gasteiger partial charge is 0.409 e. The third kappa shape index (κ3) is 5.51. The molecule has 0 bridgehead atoms. The molecule has 1 N–H and O–H groups in total. The highest BCUT2D eigenvalue weighted by Gasteiger charge is 2.25. The molecule has 2 amide bonds. The third-order valence-electron chi connectivity index (χ3n) is 3.89. The van der Waals surface area contributed by atoms with E-state index in [1.807, 2.05) is 0 Å². The number of benzene rings is 1. The number of esters is 1. The number of carbonyl (C=O) groups is 3. The Morgan fingerprint density at radius 2 is 1.88 bits per heavy atom. The van der Waals surface area contributed by atoms with Crippen LogP contribution in [0.1, 0.15) is 30.1 Å². The van der Waals surface area contributed by atoms with Crippen molar-refractivity contribution in [1.82, 2.24) is 10.2 Å². The van der Waals surface area contributed by atoms with Gasteiger partial charge in [0.1, 0.15) is 0 Å². The van der Waals surface area contributed by atoms with E-state index in [0.717, 1.165) is 0 Å². The number of piperidine rings is 1. The first-order chi connectivity index (χ1) is 12.4. The maximum atomic E-state index is 12.0. The van der Waals surface area contributed by atoms with Gasteiger partial charge in [-0.2, -0.15) is 0 Å². The number of nitrogens with zero attached hydrogens (tertiary/aromatic N) is 1. The van der Waals surface area contributed by atoms with Crippen molar-refractivity contribution in [2.45, 2.75) is 25.8 Å². The van der Waals surface area contributed by atoms with Crippen molar-refractivity contribution in [3.05, 3.63) is 33.8 Å². The fraction of sp³-hybridized carbons (Fsp3) is 0.471. The van der Waals surface area contributed by atoms with E-state index in [2.05, 4.69) is 5.32 Å². The summed E-state index contributed by atoms with van der Waals surface area (Å²) in [6.07, 6.45) is 0.877. The minimum atomic E-state index is -0.718. The number of carbonyl (C=O) groups excluding carboxylic acids is 3. The largest absolute Gasteiger partial charge is 0.452 e. The van der Waals surface area contributed by atoms with E-state index in [1.165, 1.54) is 6.07 Å². The van der Waals surface area contributed by atoms with E-state index < -0.39 is 18.5 Å². The lowest BCUT2D eigenvalue weighted by Gasteiger charge is -2.31. The molecule has 0 saturated carbocycles. The predicted octanol–water partition coefficient (Wildman–Crippen LogP) is 2.89. The zero-order valence-corrected chi connectivity index (χ0v) is 15.8. The Hall–Kier alpha value is -1.99. The van der Waals surface area contributed by atoms with Crippen LogP contribution in [0.15, 0.2) is 18.2 Å². The summed E-state index contributed by atoms with van der Waals surface area (Å²) >= 11 is 11.8. The Bertz CT molecular complexity index is 675. The van der Waals surface area contributed by atoms with Gasteiger partial charge in [0.2, 0.25) is 0 Å². The number of amides is 2. The van der Waals surface area contributed by atoms with Crippen molar-refractivity contribution in [3.63, 3.8) is 0 Å². The van der Waals surface area contributed by atoms with Crippen molar-refractivity contribution in [3.8, 4) is 0 Å². The van der Waals surface area contributed by atoms with Gasteiger partial charge in [-0.25, -0.2) is 9.59 Å². The van der Waals surface area contributed by atoms with Crippen molar-refractivity contribution in [2.24, 2.45) is 0 Å². The molecule has 1 aromatic rings. The van der Waals surface area contributed by atoms with Crippen molar-refractivity contribution in [2.75, 3.05) is 26.3 Å². The molecular formula is C17H20Cl2N2O5. The van der Waals surface area contributed by atoms with Gasteiger partial charge in [-0.3, -0.25) is 4.79 Å². The maximum absolute atomic E-state index is 12.0. The van der Waals surface area contributed by atoms with Gasteiger partial charge < -0.3 is 19.7 Å². The molecule has 0 radical (unpaired) electrons. The van der Waals surface area contributed by atoms with Crippen molar-refractivity contribution < 1.29 is 23.9 Å². The van der Waals surface area contributed by atoms with Gasteiger partial charge >= 0.3 is 12.1 Å². The van der Waals surface area contributed by atoms with E-state index in [4.69, 9.17) is 32.7 Å². The molecule has 0 atom stereocenters. The molecule has 0 unspecified atom stereocenters. The normalized spacial score (nSPS) is 14.7. The van der Waals surface area contributed by atoms with Gasteiger partial charge in [0.15, 0.2) is 6.61 Å². The molecule has 0 aliphatic carbocycles. The zero-order valence-electron chi connectivity index (χ0n) is 14.3. The van der Waals surface area contributed by atoms with Crippen LogP contribution in [0.2, 0.25) is 10.0 Å². The lowest BCUT2D eigenvalue weighted by molar-refractivity contribution is -0.125. The van der Waals surface area contributed by atoms with Crippen LogP contribution in [0, 0.1) is 0 Å². The van der Waals surface area contributed by atoms with E-state index in [1.54, 1.807) is 24.0 Å². The highest BCUT2D eigenvalue weighted by atomic mass is 35.5. The fourth-order valence-electron chi connectivity index (χ4n) is 2.56. The molecule has 0 aromatic heterocycles. The minimum absolute atomic E-state index is 0.0818. The van der Waals surface area contributed by atoms with Crippen molar-refractivity contribution in [1.29, 1.82) is 0 Å². The Labute approximate surface area is 161 Å². The van der Waals surface area contributed by atoms with Crippen LogP contribution in [-0.4, -0.2) is 55.2 Å². The summed E-state index contributed by atoms with van der Waals surface area (Å²) in [5.41, 5.74) is 0.106. The number of halogens is 2. The minimum Gasteiger partial charge on any atom is -0.452 e. The standard InChI is InChI=1S/C17H20Cl2N2O5/c1-2-25-17(24)21-8-6-11(7-9-21)20-14(22)10-26-16(23)12-4-3-5-13(18)15(12)19/h3-5,11H,2,6-10H2,1H3,(H,20,22). The van der Waals surface area contributed by atoms with E-state index in [9.17, 15) is 14.4 Å². The molecule has 1 aliphatic heterocycles. The van der Waals surface area contributed by atoms with Gasteiger partial charge in [0, 0.05) is 19.1 Å². The molecule has 2 rings (SSSR count). The molecule has 26 heavy (non-hydrogen) atoms. The Balaban J connectivity index is 1.75. The summed E-state index contributed by atoms with van der Waals surface area (Å²) in [6.45, 7) is 2.67. The topological polar surface area (TPSA) is 84.9 Å². The quantitative estimate of drug-likeness (QED) is 0.765. The second-order valence-corrected chi connectivity index (χ2v) is 6.49. The van der Waals surface area contributed by atoms with E-state index >= 15 is 0 Å². The van der Waals surface area contributed by atoms with E-state index in [0.29, 0.717) is 32.5 Å². The SMILES string of the molecule is CCOC(=O)N1CCC(NC(=O)COC(=O)c2cccc(Cl)c2Cl)CC1. The lowest BCUT2D eigenvalue weighted by Crippen LogP contribution is -2.47. The average Bonchev–Trinajstić information content (AvgIpc) is 2.63. The van der Waals surface area contributed by atoms with Crippen LogP contribution >= 0.6 is 23.2 Å². The Morgan fingerprint density at radius 3 is 2.54 bits per heavy atom. The van der Waals surface area contributed by atoms with Crippen molar-refractivity contribution >= 4 is 41.2 Å². The molecule has 1 fully saturated rings. The second-order valence-electron chi connectivity index (χ2n) is 5.71. The number of hydrogen-bond donors (Lipinski definition) is 1. The predicted molar refractivity (Wildman–Crippen MR) is 96.5 cm³/mol. The van der Waals surface area contributed by atoms with Crippen LogP contribution in [0.3, 0.4) is 0 Å². The molecule has 0 spiro atoms. The molecule has 1 aromatic carbocycles. The summed E-state index contributed by atoms with van der Waals surface area (Å²) in [7, 11) is 0. The van der Waals surface area contributed by atoms with E-state index in [-0.39, 0.29) is 27.7 Å². The molecule has 1 heterocycles. The summed E-state index contributed by atoms with van der Waals surface area (Å²) in [4.78, 5) is 37.2.